The van der Waals surface area contributed by atoms with E-state index in [-0.39, 0.29) is 11.8 Å². The monoisotopic (exact) mass is 194 g/mol. The Bertz CT molecular complexity index is 314. The lowest BCUT2D eigenvalue weighted by Crippen LogP contribution is -2.38. The van der Waals surface area contributed by atoms with Gasteiger partial charge in [0.1, 0.15) is 0 Å². The molecule has 1 aliphatic carbocycles. The van der Waals surface area contributed by atoms with Crippen LogP contribution in [-0.4, -0.2) is 16.8 Å². The number of imide groups is 1. The molecular weight excluding hydrogens is 180 g/mol. The number of rotatable bonds is 0. The third-order valence-corrected chi connectivity index (χ3v) is 3.34. The first-order valence-corrected chi connectivity index (χ1v) is 4.88. The van der Waals surface area contributed by atoms with E-state index in [4.69, 9.17) is 5.84 Å². The zero-order valence-corrected chi connectivity index (χ0v) is 8.41. The molecule has 2 aliphatic rings. The lowest BCUT2D eigenvalue weighted by atomic mass is 9.78. The smallest absolute Gasteiger partial charge is 0.267 e. The Labute approximate surface area is 82.7 Å². The molecule has 0 aromatic carbocycles. The maximum absolute atomic E-state index is 11.5. The van der Waals surface area contributed by atoms with Gasteiger partial charge in [-0.3, -0.25) is 9.59 Å². The van der Waals surface area contributed by atoms with Crippen molar-refractivity contribution in [3.05, 3.63) is 11.1 Å². The molecule has 2 amide bonds. The lowest BCUT2D eigenvalue weighted by Gasteiger charge is -2.24. The number of nitrogens with two attached hydrogens (primary N) is 1. The van der Waals surface area contributed by atoms with Gasteiger partial charge < -0.3 is 0 Å². The predicted molar refractivity (Wildman–Crippen MR) is 50.6 cm³/mol. The number of carbonyl (C=O) groups is 2. The van der Waals surface area contributed by atoms with E-state index in [1.165, 1.54) is 0 Å². The van der Waals surface area contributed by atoms with E-state index in [0.29, 0.717) is 35.8 Å². The largest absolute Gasteiger partial charge is 0.271 e. The fraction of sp³-hybridized carbons (Fsp3) is 0.600. The van der Waals surface area contributed by atoms with Crippen LogP contribution < -0.4 is 5.84 Å². The maximum atomic E-state index is 11.5. The summed E-state index contributed by atoms with van der Waals surface area (Å²) in [7, 11) is 0. The molecule has 0 radical (unpaired) electrons. The van der Waals surface area contributed by atoms with Crippen LogP contribution in [0.4, 0.5) is 0 Å². The van der Waals surface area contributed by atoms with Crippen LogP contribution in [0, 0.1) is 11.8 Å². The van der Waals surface area contributed by atoms with Crippen LogP contribution in [0.15, 0.2) is 11.1 Å². The van der Waals surface area contributed by atoms with Gasteiger partial charge in [-0.2, -0.15) is 0 Å². The Balaban J connectivity index is 2.38. The van der Waals surface area contributed by atoms with Gasteiger partial charge in [-0.1, -0.05) is 13.8 Å². The molecule has 2 atom stereocenters. The zero-order valence-electron chi connectivity index (χ0n) is 8.41. The molecule has 0 saturated heterocycles. The highest BCUT2D eigenvalue weighted by Gasteiger charge is 2.40. The number of hydrogen-bond donors (Lipinski definition) is 1. The summed E-state index contributed by atoms with van der Waals surface area (Å²) in [6, 6.07) is 0. The van der Waals surface area contributed by atoms with E-state index in [2.05, 4.69) is 13.8 Å². The lowest BCUT2D eigenvalue weighted by molar-refractivity contribution is -0.137. The Hall–Kier alpha value is -1.16. The Morgan fingerprint density at radius 1 is 1.07 bits per heavy atom. The Morgan fingerprint density at radius 3 is 1.79 bits per heavy atom. The average Bonchev–Trinajstić information content (AvgIpc) is 2.34. The van der Waals surface area contributed by atoms with Gasteiger partial charge in [0.25, 0.3) is 11.8 Å². The molecule has 2 N–H and O–H groups in total. The van der Waals surface area contributed by atoms with Crippen molar-refractivity contribution in [2.75, 3.05) is 0 Å². The molecule has 0 aromatic heterocycles. The number of hydrogen-bond acceptors (Lipinski definition) is 3. The fourth-order valence-electron chi connectivity index (χ4n) is 2.11. The van der Waals surface area contributed by atoms with Crippen molar-refractivity contribution in [1.29, 1.82) is 0 Å². The summed E-state index contributed by atoms with van der Waals surface area (Å²) in [6.07, 6.45) is 1.38. The van der Waals surface area contributed by atoms with Crippen molar-refractivity contribution in [2.45, 2.75) is 26.7 Å². The van der Waals surface area contributed by atoms with Crippen molar-refractivity contribution in [3.8, 4) is 0 Å². The molecule has 2 rings (SSSR count). The fourth-order valence-corrected chi connectivity index (χ4v) is 2.11. The summed E-state index contributed by atoms with van der Waals surface area (Å²) >= 11 is 0. The summed E-state index contributed by atoms with van der Waals surface area (Å²) in [4.78, 5) is 23.0. The minimum absolute atomic E-state index is 0.302. The molecule has 0 aromatic rings. The molecule has 0 fully saturated rings. The highest BCUT2D eigenvalue weighted by molar-refractivity contribution is 6.19. The summed E-state index contributed by atoms with van der Waals surface area (Å²) < 4.78 is 0. The SMILES string of the molecule is CC1CC2=C(CC1C)C(=O)N(N)C2=O. The molecule has 4 nitrogen and oxygen atoms in total. The zero-order chi connectivity index (χ0) is 10.5. The van der Waals surface area contributed by atoms with E-state index < -0.39 is 0 Å². The van der Waals surface area contributed by atoms with Gasteiger partial charge in [-0.05, 0) is 24.7 Å². The van der Waals surface area contributed by atoms with Crippen LogP contribution >= 0.6 is 0 Å². The van der Waals surface area contributed by atoms with Gasteiger partial charge in [0.05, 0.1) is 0 Å². The van der Waals surface area contributed by atoms with E-state index in [0.717, 1.165) is 5.01 Å². The third kappa shape index (κ3) is 1.10. The standard InChI is InChI=1S/C10H14N2O2/c1-5-3-7-8(4-6(5)2)10(14)12(11)9(7)13/h5-6H,3-4,11H2,1-2H3. The maximum Gasteiger partial charge on any atom is 0.271 e. The van der Waals surface area contributed by atoms with Crippen LogP contribution in [0.25, 0.3) is 0 Å². The van der Waals surface area contributed by atoms with Crippen LogP contribution in [0.5, 0.6) is 0 Å². The molecule has 4 heteroatoms. The Kier molecular flexibility index (Phi) is 1.96. The summed E-state index contributed by atoms with van der Waals surface area (Å²) in [5.74, 6) is 5.67. The van der Waals surface area contributed by atoms with Gasteiger partial charge in [0.2, 0.25) is 0 Å². The molecule has 1 aliphatic heterocycles. The van der Waals surface area contributed by atoms with Crippen molar-refractivity contribution in [2.24, 2.45) is 17.7 Å². The summed E-state index contributed by atoms with van der Waals surface area (Å²) in [5.41, 5.74) is 1.28. The second-order valence-corrected chi connectivity index (χ2v) is 4.30. The molecule has 0 bridgehead atoms. The molecule has 1 heterocycles. The minimum atomic E-state index is -0.302. The first-order valence-electron chi connectivity index (χ1n) is 4.88. The quantitative estimate of drug-likeness (QED) is 0.349. The first kappa shape index (κ1) is 9.40. The van der Waals surface area contributed by atoms with Gasteiger partial charge >= 0.3 is 0 Å². The first-order chi connectivity index (χ1) is 6.52. The van der Waals surface area contributed by atoms with Crippen LogP contribution in [0.1, 0.15) is 26.7 Å². The van der Waals surface area contributed by atoms with E-state index in [1.54, 1.807) is 0 Å². The number of hydrazine groups is 1. The molecule has 2 unspecified atom stereocenters. The number of carbonyl (C=O) groups excluding carboxylic acids is 2. The highest BCUT2D eigenvalue weighted by Crippen LogP contribution is 2.37. The number of nitrogens with zero attached hydrogens (tertiary/aromatic N) is 1. The topological polar surface area (TPSA) is 63.4 Å². The molecule has 0 spiro atoms. The third-order valence-electron chi connectivity index (χ3n) is 3.34. The molecule has 14 heavy (non-hydrogen) atoms. The average molecular weight is 194 g/mol. The van der Waals surface area contributed by atoms with Crippen LogP contribution in [0.2, 0.25) is 0 Å². The summed E-state index contributed by atoms with van der Waals surface area (Å²) in [6.45, 7) is 4.21. The van der Waals surface area contributed by atoms with Crippen LogP contribution in [-0.2, 0) is 9.59 Å². The molecule has 76 valence electrons. The van der Waals surface area contributed by atoms with Crippen molar-refractivity contribution < 1.29 is 9.59 Å². The highest BCUT2D eigenvalue weighted by atomic mass is 16.2. The number of amides is 2. The van der Waals surface area contributed by atoms with Gasteiger partial charge in [0.15, 0.2) is 0 Å². The normalized spacial score (nSPS) is 32.6. The molecule has 0 saturated carbocycles. The van der Waals surface area contributed by atoms with E-state index >= 15 is 0 Å². The second kappa shape index (κ2) is 2.92. The van der Waals surface area contributed by atoms with Gasteiger partial charge in [0, 0.05) is 11.1 Å². The van der Waals surface area contributed by atoms with Crippen LogP contribution in [0.3, 0.4) is 0 Å². The van der Waals surface area contributed by atoms with Gasteiger partial charge in [-0.15, -0.1) is 0 Å². The van der Waals surface area contributed by atoms with E-state index in [1.807, 2.05) is 0 Å². The van der Waals surface area contributed by atoms with Crippen molar-refractivity contribution in [1.82, 2.24) is 5.01 Å². The second-order valence-electron chi connectivity index (χ2n) is 4.30. The van der Waals surface area contributed by atoms with Crippen molar-refractivity contribution >= 4 is 11.8 Å². The van der Waals surface area contributed by atoms with Gasteiger partial charge in [-0.25, -0.2) is 10.9 Å². The minimum Gasteiger partial charge on any atom is -0.267 e. The molecular formula is C10H14N2O2. The predicted octanol–water partition coefficient (Wildman–Crippen LogP) is 0.592. The van der Waals surface area contributed by atoms with E-state index in [9.17, 15) is 9.59 Å². The summed E-state index contributed by atoms with van der Waals surface area (Å²) in [5, 5.41) is 0.745. The van der Waals surface area contributed by atoms with Crippen molar-refractivity contribution in [3.63, 3.8) is 0 Å². The Morgan fingerprint density at radius 2 is 1.43 bits per heavy atom.